The zero-order valence-corrected chi connectivity index (χ0v) is 26.7. The Morgan fingerprint density at radius 3 is 2.51 bits per heavy atom. The van der Waals surface area contributed by atoms with Gasteiger partial charge in [0.2, 0.25) is 0 Å². The van der Waals surface area contributed by atoms with Crippen LogP contribution in [0.1, 0.15) is 101 Å². The van der Waals surface area contributed by atoms with Crippen molar-refractivity contribution in [3.05, 3.63) is 59.2 Å². The Hall–Kier alpha value is -2.08. The molecule has 0 amide bonds. The molecule has 234 valence electrons. The second kappa shape index (κ2) is 12.4. The molecule has 2 aromatic carbocycles. The summed E-state index contributed by atoms with van der Waals surface area (Å²) < 4.78 is 13.0. The average Bonchev–Trinajstić information content (AvgIpc) is 3.77. The molecule has 1 spiro atoms. The number of methoxy groups -OCH3 is 1. The van der Waals surface area contributed by atoms with E-state index in [1.165, 1.54) is 80.9 Å². The highest BCUT2D eigenvalue weighted by molar-refractivity contribution is 5.63. The maximum atomic E-state index is 13.0. The van der Waals surface area contributed by atoms with Crippen LogP contribution in [-0.2, 0) is 18.3 Å². The van der Waals surface area contributed by atoms with E-state index < -0.39 is 5.60 Å². The van der Waals surface area contributed by atoms with Gasteiger partial charge in [-0.2, -0.15) is 0 Å². The molecule has 2 aliphatic heterocycles. The Bertz CT molecular complexity index is 1250. The number of aliphatic hydroxyl groups is 1. The molecule has 2 bridgehead atoms. The predicted molar refractivity (Wildman–Crippen MR) is 173 cm³/mol. The summed E-state index contributed by atoms with van der Waals surface area (Å²) in [5, 5.41) is 13.0. The SMILES string of the molecule is CCCCCN(CCCCCCc1ccccc1)[C@@H]1CC[C@@]2(O)[C@H]3Cc4ccc(OC)c5c4[C@@]2(CCN3CC2CC2)[C@H]1O5. The third kappa shape index (κ3) is 5.21. The van der Waals surface area contributed by atoms with E-state index in [0.717, 1.165) is 69.3 Å². The van der Waals surface area contributed by atoms with Crippen molar-refractivity contribution < 1.29 is 14.6 Å². The van der Waals surface area contributed by atoms with Gasteiger partial charge in [-0.1, -0.05) is 69.0 Å². The van der Waals surface area contributed by atoms with Gasteiger partial charge in [-0.05, 0) is 107 Å². The summed E-state index contributed by atoms with van der Waals surface area (Å²) in [6.45, 7) is 6.80. The molecule has 5 atom stereocenters. The molecule has 5 aliphatic rings. The standard InChI is InChI=1S/C38H54N2O3/c1-3-4-11-23-39(24-12-6-5-8-13-28-14-9-7-10-15-28)31-20-21-38(41)33-26-30-18-19-32(42-2)35-34(30)37(38,36(31)43-35)22-25-40(33)27-29-16-17-29/h7,9-10,14-15,18-19,29,31,33,36,41H,3-6,8,11-13,16-17,20-27H2,1-2H3/t31-,33-,36+,37+,38-/m1/s1. The fourth-order valence-electron chi connectivity index (χ4n) is 9.63. The van der Waals surface area contributed by atoms with Crippen molar-refractivity contribution in [1.82, 2.24) is 9.80 Å². The van der Waals surface area contributed by atoms with Crippen LogP contribution in [0.15, 0.2) is 42.5 Å². The van der Waals surface area contributed by atoms with Crippen LogP contribution in [0.25, 0.3) is 0 Å². The second-order valence-corrected chi connectivity index (χ2v) is 14.5. The number of unbranched alkanes of at least 4 members (excludes halogenated alkanes) is 5. The number of piperidine rings is 1. The first kappa shape index (κ1) is 29.6. The Labute approximate surface area is 259 Å². The van der Waals surface area contributed by atoms with Crippen molar-refractivity contribution >= 4 is 0 Å². The summed E-state index contributed by atoms with van der Waals surface area (Å²) in [5.41, 5.74) is 3.08. The molecule has 0 aromatic heterocycles. The van der Waals surface area contributed by atoms with Gasteiger partial charge in [0, 0.05) is 24.2 Å². The highest BCUT2D eigenvalue weighted by atomic mass is 16.5. The first-order chi connectivity index (χ1) is 21.1. The summed E-state index contributed by atoms with van der Waals surface area (Å²) in [6.07, 6.45) is 16.5. The minimum Gasteiger partial charge on any atom is -0.493 e. The second-order valence-electron chi connectivity index (χ2n) is 14.5. The van der Waals surface area contributed by atoms with Gasteiger partial charge in [0.05, 0.1) is 18.1 Å². The van der Waals surface area contributed by atoms with E-state index in [0.29, 0.717) is 6.04 Å². The first-order valence-corrected chi connectivity index (χ1v) is 17.7. The summed E-state index contributed by atoms with van der Waals surface area (Å²) in [7, 11) is 1.77. The van der Waals surface area contributed by atoms with Crippen molar-refractivity contribution in [1.29, 1.82) is 0 Å². The Kier molecular flexibility index (Phi) is 8.52. The highest BCUT2D eigenvalue weighted by Gasteiger charge is 2.73. The van der Waals surface area contributed by atoms with Gasteiger partial charge >= 0.3 is 0 Å². The lowest BCUT2D eigenvalue weighted by Gasteiger charge is -2.65. The number of hydrogen-bond acceptors (Lipinski definition) is 5. The smallest absolute Gasteiger partial charge is 0.165 e. The van der Waals surface area contributed by atoms with Gasteiger partial charge in [-0.3, -0.25) is 9.80 Å². The molecule has 0 unspecified atom stereocenters. The number of aryl methyl sites for hydroxylation is 1. The molecule has 7 rings (SSSR count). The molecule has 3 aliphatic carbocycles. The van der Waals surface area contributed by atoms with Gasteiger partial charge in [0.15, 0.2) is 11.5 Å². The van der Waals surface area contributed by atoms with Crippen LogP contribution >= 0.6 is 0 Å². The zero-order chi connectivity index (χ0) is 29.4. The number of nitrogens with zero attached hydrogens (tertiary/aromatic N) is 2. The van der Waals surface area contributed by atoms with E-state index in [1.54, 1.807) is 7.11 Å². The summed E-state index contributed by atoms with van der Waals surface area (Å²) >= 11 is 0. The molecule has 5 heteroatoms. The normalized spacial score (nSPS) is 30.7. The van der Waals surface area contributed by atoms with Crippen LogP contribution in [0.3, 0.4) is 0 Å². The Morgan fingerprint density at radius 1 is 0.953 bits per heavy atom. The monoisotopic (exact) mass is 586 g/mol. The quantitative estimate of drug-likeness (QED) is 0.230. The van der Waals surface area contributed by atoms with Crippen molar-refractivity contribution in [3.8, 4) is 11.5 Å². The highest BCUT2D eigenvalue weighted by Crippen LogP contribution is 2.66. The van der Waals surface area contributed by atoms with E-state index in [1.807, 2.05) is 0 Å². The molecule has 43 heavy (non-hydrogen) atoms. The van der Waals surface area contributed by atoms with Crippen molar-refractivity contribution in [2.75, 3.05) is 33.3 Å². The van der Waals surface area contributed by atoms with Crippen molar-refractivity contribution in [2.45, 2.75) is 126 Å². The molecular weight excluding hydrogens is 532 g/mol. The number of rotatable bonds is 15. The van der Waals surface area contributed by atoms with E-state index in [-0.39, 0.29) is 17.6 Å². The zero-order valence-electron chi connectivity index (χ0n) is 26.7. The fourth-order valence-corrected chi connectivity index (χ4v) is 9.63. The average molecular weight is 587 g/mol. The van der Waals surface area contributed by atoms with Crippen LogP contribution in [0, 0.1) is 5.92 Å². The molecule has 5 nitrogen and oxygen atoms in total. The van der Waals surface area contributed by atoms with Crippen LogP contribution in [0.5, 0.6) is 11.5 Å². The molecule has 1 N–H and O–H groups in total. The van der Waals surface area contributed by atoms with Crippen LogP contribution in [0.2, 0.25) is 0 Å². The maximum Gasteiger partial charge on any atom is 0.165 e. The predicted octanol–water partition coefficient (Wildman–Crippen LogP) is 6.92. The number of likely N-dealkylation sites (tertiary alicyclic amines) is 1. The Morgan fingerprint density at radius 2 is 1.74 bits per heavy atom. The van der Waals surface area contributed by atoms with Gasteiger partial charge in [-0.15, -0.1) is 0 Å². The molecule has 2 heterocycles. The topological polar surface area (TPSA) is 45.2 Å². The molecule has 2 aromatic rings. The van der Waals surface area contributed by atoms with Crippen LogP contribution < -0.4 is 9.47 Å². The first-order valence-electron chi connectivity index (χ1n) is 17.7. The Balaban J connectivity index is 1.12. The number of ether oxygens (including phenoxy) is 2. The third-order valence-corrected chi connectivity index (χ3v) is 12.0. The molecule has 0 radical (unpaired) electrons. The minimum atomic E-state index is -0.738. The number of benzene rings is 2. The summed E-state index contributed by atoms with van der Waals surface area (Å²) in [4.78, 5) is 5.48. The van der Waals surface area contributed by atoms with Crippen LogP contribution in [-0.4, -0.2) is 72.0 Å². The molecule has 3 fully saturated rings. The third-order valence-electron chi connectivity index (χ3n) is 12.0. The lowest BCUT2D eigenvalue weighted by molar-refractivity contribution is -0.200. The van der Waals surface area contributed by atoms with E-state index in [4.69, 9.17) is 9.47 Å². The van der Waals surface area contributed by atoms with Crippen molar-refractivity contribution in [3.63, 3.8) is 0 Å². The van der Waals surface area contributed by atoms with Gasteiger partial charge in [0.1, 0.15) is 6.10 Å². The van der Waals surface area contributed by atoms with Gasteiger partial charge in [0.25, 0.3) is 0 Å². The lowest BCUT2D eigenvalue weighted by Crippen LogP contribution is -2.78. The van der Waals surface area contributed by atoms with E-state index >= 15 is 0 Å². The lowest BCUT2D eigenvalue weighted by atomic mass is 9.48. The van der Waals surface area contributed by atoms with Crippen molar-refractivity contribution in [2.24, 2.45) is 5.92 Å². The van der Waals surface area contributed by atoms with Gasteiger partial charge in [-0.25, -0.2) is 0 Å². The van der Waals surface area contributed by atoms with Gasteiger partial charge < -0.3 is 14.6 Å². The molecular formula is C38H54N2O3. The summed E-state index contributed by atoms with van der Waals surface area (Å²) in [5.74, 6) is 2.62. The van der Waals surface area contributed by atoms with E-state index in [2.05, 4.69) is 59.2 Å². The van der Waals surface area contributed by atoms with Crippen LogP contribution in [0.4, 0.5) is 0 Å². The summed E-state index contributed by atoms with van der Waals surface area (Å²) in [6, 6.07) is 15.9. The largest absolute Gasteiger partial charge is 0.493 e. The number of hydrogen-bond donors (Lipinski definition) is 1. The maximum absolute atomic E-state index is 13.0. The molecule has 2 saturated carbocycles. The minimum absolute atomic E-state index is 0.0121. The fraction of sp³-hybridized carbons (Fsp3) is 0.684. The van der Waals surface area contributed by atoms with E-state index in [9.17, 15) is 5.11 Å². The molecule has 1 saturated heterocycles.